The van der Waals surface area contributed by atoms with Crippen LogP contribution in [0.15, 0.2) is 68.7 Å². The third kappa shape index (κ3) is 3.97. The molecule has 4 rings (SSSR count). The van der Waals surface area contributed by atoms with E-state index in [0.29, 0.717) is 16.5 Å². The van der Waals surface area contributed by atoms with Crippen molar-refractivity contribution in [2.24, 2.45) is 0 Å². The molecule has 4 aromatic rings. The number of halogens is 4. The van der Waals surface area contributed by atoms with Crippen molar-refractivity contribution in [2.75, 3.05) is 6.26 Å². The number of para-hydroxylation sites is 1. The summed E-state index contributed by atoms with van der Waals surface area (Å²) in [6.07, 6.45) is 1.11. The van der Waals surface area contributed by atoms with Crippen LogP contribution in [-0.4, -0.2) is 14.7 Å². The first-order valence-corrected chi connectivity index (χ1v) is 12.2. The lowest BCUT2D eigenvalue weighted by atomic mass is 9.98. The molecule has 0 aliphatic carbocycles. The Morgan fingerprint density at radius 3 is 1.97 bits per heavy atom. The van der Waals surface area contributed by atoms with Crippen LogP contribution in [0.25, 0.3) is 33.4 Å². The lowest BCUT2D eigenvalue weighted by Gasteiger charge is -2.15. The third-order valence-electron chi connectivity index (χ3n) is 4.70. The minimum Gasteiger partial charge on any atom is -0.455 e. The number of hydrogen-bond donors (Lipinski definition) is 0. The Kier molecular flexibility index (Phi) is 5.83. The van der Waals surface area contributed by atoms with Gasteiger partial charge in [-0.1, -0.05) is 58.5 Å². The zero-order valence-electron chi connectivity index (χ0n) is 15.7. The first-order valence-electron chi connectivity index (χ1n) is 8.79. The molecule has 1 heterocycles. The summed E-state index contributed by atoms with van der Waals surface area (Å²) in [5.41, 5.74) is 0.631. The van der Waals surface area contributed by atoms with Crippen LogP contribution in [0, 0.1) is 0 Å². The first kappa shape index (κ1) is 22.2. The molecule has 3 aromatic carbocycles. The van der Waals surface area contributed by atoms with Crippen LogP contribution in [-0.2, 0) is 9.84 Å². The predicted octanol–water partition coefficient (Wildman–Crippen LogP) is 7.14. The predicted molar refractivity (Wildman–Crippen MR) is 127 cm³/mol. The van der Waals surface area contributed by atoms with Gasteiger partial charge in [-0.3, -0.25) is 4.79 Å². The van der Waals surface area contributed by atoms with Gasteiger partial charge in [-0.2, -0.15) is 0 Å². The van der Waals surface area contributed by atoms with Crippen molar-refractivity contribution in [1.82, 2.24) is 0 Å². The molecule has 0 aliphatic heterocycles. The lowest BCUT2D eigenvalue weighted by molar-refractivity contribution is 0.601. The van der Waals surface area contributed by atoms with E-state index in [9.17, 15) is 13.2 Å². The highest BCUT2D eigenvalue weighted by molar-refractivity contribution is 7.90. The third-order valence-corrected chi connectivity index (χ3v) is 7.41. The molecule has 0 spiro atoms. The Labute approximate surface area is 197 Å². The number of hydrogen-bond acceptors (Lipinski definition) is 4. The molecule has 31 heavy (non-hydrogen) atoms. The summed E-state index contributed by atoms with van der Waals surface area (Å²) in [5, 5.41) is 0.659. The molecule has 1 aromatic heterocycles. The van der Waals surface area contributed by atoms with Gasteiger partial charge in [-0.25, -0.2) is 8.42 Å². The summed E-state index contributed by atoms with van der Waals surface area (Å²) >= 11 is 25.3. The first-order chi connectivity index (χ1) is 14.6. The zero-order valence-corrected chi connectivity index (χ0v) is 19.6. The molecular weight excluding hydrogens is 502 g/mol. The molecule has 0 bridgehead atoms. The van der Waals surface area contributed by atoms with E-state index < -0.39 is 9.84 Å². The molecule has 0 fully saturated rings. The Bertz CT molecular complexity index is 1480. The van der Waals surface area contributed by atoms with Crippen molar-refractivity contribution >= 4 is 67.2 Å². The Hall–Kier alpha value is -2.02. The molecule has 0 radical (unpaired) electrons. The molecule has 0 atom stereocenters. The van der Waals surface area contributed by atoms with Crippen molar-refractivity contribution in [3.63, 3.8) is 0 Å². The van der Waals surface area contributed by atoms with E-state index in [4.69, 9.17) is 50.8 Å². The van der Waals surface area contributed by atoms with Gasteiger partial charge in [0.1, 0.15) is 11.3 Å². The van der Waals surface area contributed by atoms with Gasteiger partial charge in [0.05, 0.1) is 35.9 Å². The van der Waals surface area contributed by atoms with Crippen LogP contribution in [0.5, 0.6) is 0 Å². The quantitative estimate of drug-likeness (QED) is 0.273. The van der Waals surface area contributed by atoms with Gasteiger partial charge in [-0.15, -0.1) is 0 Å². The molecule has 0 saturated carbocycles. The average molecular weight is 514 g/mol. The van der Waals surface area contributed by atoms with Gasteiger partial charge in [0.2, 0.25) is 5.43 Å². The summed E-state index contributed by atoms with van der Waals surface area (Å²) in [5.74, 6) is 0.158. The van der Waals surface area contributed by atoms with Gasteiger partial charge < -0.3 is 4.42 Å². The summed E-state index contributed by atoms with van der Waals surface area (Å²) < 4.78 is 29.7. The second-order valence-corrected chi connectivity index (χ2v) is 10.4. The minimum atomic E-state index is -3.40. The molecule has 4 nitrogen and oxygen atoms in total. The van der Waals surface area contributed by atoms with Crippen LogP contribution in [0.4, 0.5) is 0 Å². The summed E-state index contributed by atoms with van der Waals surface area (Å²) in [7, 11) is -3.40. The van der Waals surface area contributed by atoms with E-state index in [1.54, 1.807) is 36.4 Å². The summed E-state index contributed by atoms with van der Waals surface area (Å²) in [6, 6.07) is 14.0. The normalized spacial score (nSPS) is 11.8. The van der Waals surface area contributed by atoms with Gasteiger partial charge in [-0.05, 0) is 42.5 Å². The summed E-state index contributed by atoms with van der Waals surface area (Å²) in [6.45, 7) is 0. The fourth-order valence-electron chi connectivity index (χ4n) is 3.22. The molecular formula is C22H12Cl4O4S. The van der Waals surface area contributed by atoms with Crippen LogP contribution < -0.4 is 5.43 Å². The summed E-state index contributed by atoms with van der Waals surface area (Å²) in [4.78, 5) is 13.6. The van der Waals surface area contributed by atoms with Crippen molar-refractivity contribution in [1.29, 1.82) is 0 Å². The maximum absolute atomic E-state index is 13.5. The van der Waals surface area contributed by atoms with Crippen molar-refractivity contribution in [3.05, 3.63) is 84.9 Å². The molecule has 0 aliphatic rings. The highest BCUT2D eigenvalue weighted by atomic mass is 35.5. The largest absolute Gasteiger partial charge is 0.455 e. The molecule has 158 valence electrons. The van der Waals surface area contributed by atoms with Crippen molar-refractivity contribution < 1.29 is 12.8 Å². The fraction of sp³-hybridized carbons (Fsp3) is 0.0455. The number of sulfone groups is 1. The lowest BCUT2D eigenvalue weighted by Crippen LogP contribution is -2.08. The van der Waals surface area contributed by atoms with Gasteiger partial charge in [0.15, 0.2) is 9.84 Å². The van der Waals surface area contributed by atoms with E-state index in [1.807, 2.05) is 0 Å². The maximum atomic E-state index is 13.5. The van der Waals surface area contributed by atoms with Crippen LogP contribution in [0.1, 0.15) is 0 Å². The molecule has 0 amide bonds. The van der Waals surface area contributed by atoms with Crippen LogP contribution >= 0.6 is 46.4 Å². The molecule has 9 heteroatoms. The monoisotopic (exact) mass is 512 g/mol. The highest BCUT2D eigenvalue weighted by Gasteiger charge is 2.25. The van der Waals surface area contributed by atoms with E-state index in [2.05, 4.69) is 0 Å². The standard InChI is InChI=1S/C22H12Cl4O4S/c1-31(28,29)12-8-6-11(7-9-12)22-18(17-19(25)14(23)10-15(24)20(17)26)21(27)13-4-2-3-5-16(13)30-22/h2-10H,1H3. The van der Waals surface area contributed by atoms with E-state index in [1.165, 1.54) is 18.2 Å². The van der Waals surface area contributed by atoms with E-state index >= 15 is 0 Å². The molecule has 0 saturated heterocycles. The van der Waals surface area contributed by atoms with E-state index in [0.717, 1.165) is 6.26 Å². The second-order valence-electron chi connectivity index (χ2n) is 6.77. The SMILES string of the molecule is CS(=O)(=O)c1ccc(-c2oc3ccccc3c(=O)c2-c2c(Cl)c(Cl)cc(Cl)c2Cl)cc1. The van der Waals surface area contributed by atoms with Gasteiger partial charge in [0, 0.05) is 17.4 Å². The Morgan fingerprint density at radius 1 is 0.806 bits per heavy atom. The van der Waals surface area contributed by atoms with Gasteiger partial charge >= 0.3 is 0 Å². The van der Waals surface area contributed by atoms with Crippen molar-refractivity contribution in [3.8, 4) is 22.5 Å². The van der Waals surface area contributed by atoms with Crippen LogP contribution in [0.2, 0.25) is 20.1 Å². The van der Waals surface area contributed by atoms with E-state index in [-0.39, 0.29) is 47.3 Å². The van der Waals surface area contributed by atoms with Gasteiger partial charge in [0.25, 0.3) is 0 Å². The topological polar surface area (TPSA) is 64.3 Å². The number of rotatable bonds is 3. The second kappa shape index (κ2) is 8.15. The smallest absolute Gasteiger partial charge is 0.201 e. The number of fused-ring (bicyclic) bond motifs is 1. The average Bonchev–Trinajstić information content (AvgIpc) is 2.73. The number of benzene rings is 3. The molecule has 0 N–H and O–H groups in total. The van der Waals surface area contributed by atoms with Crippen molar-refractivity contribution in [2.45, 2.75) is 4.90 Å². The zero-order chi connectivity index (χ0) is 22.5. The van der Waals surface area contributed by atoms with Crippen LogP contribution in [0.3, 0.4) is 0 Å². The Balaban J connectivity index is 2.14. The Morgan fingerprint density at radius 2 is 1.39 bits per heavy atom. The highest BCUT2D eigenvalue weighted by Crippen LogP contribution is 2.45. The maximum Gasteiger partial charge on any atom is 0.201 e. The fourth-order valence-corrected chi connectivity index (χ4v) is 4.85. The minimum absolute atomic E-state index is 0.0488. The molecule has 0 unspecified atom stereocenters.